The van der Waals surface area contributed by atoms with E-state index in [0.29, 0.717) is 12.6 Å². The molecule has 0 spiro atoms. The van der Waals surface area contributed by atoms with Gasteiger partial charge in [-0.05, 0) is 6.92 Å². The van der Waals surface area contributed by atoms with Gasteiger partial charge in [0.15, 0.2) is 5.13 Å². The van der Waals surface area contributed by atoms with Gasteiger partial charge in [0, 0.05) is 43.7 Å². The standard InChI is InChI=1S/C12H17N3O2S/c1-9-8-14(10-2-6-17-11(10)16)4-5-15(9)12-13-3-7-18-12/h3,7,9-10H,2,4-6,8H2,1H3/t9-,10+/m0/s1. The number of piperazine rings is 1. The monoisotopic (exact) mass is 267 g/mol. The minimum absolute atomic E-state index is 0.0223. The fourth-order valence-electron chi connectivity index (χ4n) is 2.73. The summed E-state index contributed by atoms with van der Waals surface area (Å²) in [7, 11) is 0. The SMILES string of the molecule is C[C@H]1CN([C@@H]2CCOC2=O)CCN1c1nccs1. The minimum atomic E-state index is -0.0510. The van der Waals surface area contributed by atoms with Crippen LogP contribution in [0.1, 0.15) is 13.3 Å². The molecular weight excluding hydrogens is 250 g/mol. The lowest BCUT2D eigenvalue weighted by Gasteiger charge is -2.41. The van der Waals surface area contributed by atoms with E-state index < -0.39 is 0 Å². The van der Waals surface area contributed by atoms with Gasteiger partial charge in [-0.1, -0.05) is 0 Å². The van der Waals surface area contributed by atoms with Crippen LogP contribution in [-0.4, -0.2) is 54.2 Å². The Bertz CT molecular complexity index is 423. The molecule has 0 bridgehead atoms. The van der Waals surface area contributed by atoms with Gasteiger partial charge in [-0.2, -0.15) is 0 Å². The molecule has 2 aliphatic heterocycles. The second kappa shape index (κ2) is 4.85. The largest absolute Gasteiger partial charge is 0.464 e. The zero-order chi connectivity index (χ0) is 12.5. The molecule has 2 fully saturated rings. The second-order valence-electron chi connectivity index (χ2n) is 4.82. The lowest BCUT2D eigenvalue weighted by molar-refractivity contribution is -0.142. The number of hydrogen-bond acceptors (Lipinski definition) is 6. The molecular formula is C12H17N3O2S. The van der Waals surface area contributed by atoms with Crippen LogP contribution in [0.2, 0.25) is 0 Å². The molecule has 2 atom stereocenters. The number of anilines is 1. The van der Waals surface area contributed by atoms with Gasteiger partial charge in [-0.15, -0.1) is 11.3 Å². The van der Waals surface area contributed by atoms with E-state index in [1.54, 1.807) is 11.3 Å². The van der Waals surface area contributed by atoms with Crippen LogP contribution in [0.25, 0.3) is 0 Å². The Balaban J connectivity index is 1.66. The third kappa shape index (κ3) is 2.10. The van der Waals surface area contributed by atoms with Crippen LogP contribution in [-0.2, 0) is 9.53 Å². The van der Waals surface area contributed by atoms with Crippen molar-refractivity contribution in [1.82, 2.24) is 9.88 Å². The fraction of sp³-hybridized carbons (Fsp3) is 0.667. The van der Waals surface area contributed by atoms with Crippen LogP contribution < -0.4 is 4.90 Å². The minimum Gasteiger partial charge on any atom is -0.464 e. The summed E-state index contributed by atoms with van der Waals surface area (Å²) >= 11 is 1.67. The van der Waals surface area contributed by atoms with Crippen molar-refractivity contribution in [2.75, 3.05) is 31.1 Å². The molecule has 2 saturated heterocycles. The first kappa shape index (κ1) is 11.9. The first-order valence-corrected chi connectivity index (χ1v) is 7.20. The van der Waals surface area contributed by atoms with Gasteiger partial charge in [0.1, 0.15) is 6.04 Å². The summed E-state index contributed by atoms with van der Waals surface area (Å²) in [6, 6.07) is 0.365. The highest BCUT2D eigenvalue weighted by atomic mass is 32.1. The van der Waals surface area contributed by atoms with E-state index in [-0.39, 0.29) is 12.0 Å². The number of rotatable bonds is 2. The van der Waals surface area contributed by atoms with Crippen molar-refractivity contribution < 1.29 is 9.53 Å². The van der Waals surface area contributed by atoms with Crippen molar-refractivity contribution in [2.24, 2.45) is 0 Å². The summed E-state index contributed by atoms with van der Waals surface area (Å²) < 4.78 is 5.05. The molecule has 6 heteroatoms. The van der Waals surface area contributed by atoms with Crippen molar-refractivity contribution in [3.05, 3.63) is 11.6 Å². The van der Waals surface area contributed by atoms with Crippen molar-refractivity contribution in [1.29, 1.82) is 0 Å². The van der Waals surface area contributed by atoms with Crippen molar-refractivity contribution in [3.63, 3.8) is 0 Å². The van der Waals surface area contributed by atoms with Gasteiger partial charge in [0.2, 0.25) is 0 Å². The first-order valence-electron chi connectivity index (χ1n) is 6.32. The molecule has 0 unspecified atom stereocenters. The Morgan fingerprint density at radius 1 is 1.50 bits per heavy atom. The maximum Gasteiger partial charge on any atom is 0.323 e. The Morgan fingerprint density at radius 3 is 3.00 bits per heavy atom. The zero-order valence-corrected chi connectivity index (χ0v) is 11.2. The highest BCUT2D eigenvalue weighted by Crippen LogP contribution is 2.25. The smallest absolute Gasteiger partial charge is 0.323 e. The third-order valence-electron chi connectivity index (χ3n) is 3.67. The predicted octanol–water partition coefficient (Wildman–Crippen LogP) is 0.969. The average molecular weight is 267 g/mol. The highest BCUT2D eigenvalue weighted by molar-refractivity contribution is 7.13. The number of nitrogens with zero attached hydrogens (tertiary/aromatic N) is 3. The summed E-state index contributed by atoms with van der Waals surface area (Å²) in [5.41, 5.74) is 0. The molecule has 0 N–H and O–H groups in total. The number of ether oxygens (including phenoxy) is 1. The van der Waals surface area contributed by atoms with Crippen LogP contribution in [0.5, 0.6) is 0 Å². The molecule has 1 aromatic rings. The first-order chi connectivity index (χ1) is 8.75. The van der Waals surface area contributed by atoms with E-state index in [0.717, 1.165) is 31.2 Å². The number of hydrogen-bond donors (Lipinski definition) is 0. The number of aromatic nitrogens is 1. The van der Waals surface area contributed by atoms with E-state index in [1.165, 1.54) is 0 Å². The maximum absolute atomic E-state index is 11.6. The number of carbonyl (C=O) groups excluding carboxylic acids is 1. The van der Waals surface area contributed by atoms with E-state index in [4.69, 9.17) is 4.74 Å². The van der Waals surface area contributed by atoms with Crippen molar-refractivity contribution in [3.8, 4) is 0 Å². The Hall–Kier alpha value is -1.14. The molecule has 3 heterocycles. The van der Waals surface area contributed by atoms with Gasteiger partial charge in [-0.3, -0.25) is 9.69 Å². The summed E-state index contributed by atoms with van der Waals surface area (Å²) in [4.78, 5) is 20.5. The molecule has 18 heavy (non-hydrogen) atoms. The molecule has 3 rings (SSSR count). The summed E-state index contributed by atoms with van der Waals surface area (Å²) in [6.07, 6.45) is 2.68. The molecule has 5 nitrogen and oxygen atoms in total. The summed E-state index contributed by atoms with van der Waals surface area (Å²) in [6.45, 7) is 5.50. The van der Waals surface area contributed by atoms with Crippen LogP contribution in [0.4, 0.5) is 5.13 Å². The van der Waals surface area contributed by atoms with Gasteiger partial charge in [0.05, 0.1) is 6.61 Å². The van der Waals surface area contributed by atoms with Crippen LogP contribution in [0.15, 0.2) is 11.6 Å². The molecule has 1 aromatic heterocycles. The molecule has 0 saturated carbocycles. The molecule has 2 aliphatic rings. The number of carbonyl (C=O) groups is 1. The van der Waals surface area contributed by atoms with E-state index in [1.807, 2.05) is 11.6 Å². The normalized spacial score (nSPS) is 29.6. The number of esters is 1. The predicted molar refractivity (Wildman–Crippen MR) is 69.9 cm³/mol. The zero-order valence-electron chi connectivity index (χ0n) is 10.4. The lowest BCUT2D eigenvalue weighted by Crippen LogP contribution is -2.55. The molecule has 0 aliphatic carbocycles. The summed E-state index contributed by atoms with van der Waals surface area (Å²) in [5.74, 6) is -0.0510. The van der Waals surface area contributed by atoms with E-state index >= 15 is 0 Å². The Morgan fingerprint density at radius 2 is 2.39 bits per heavy atom. The van der Waals surface area contributed by atoms with Crippen LogP contribution in [0, 0.1) is 0 Å². The maximum atomic E-state index is 11.6. The average Bonchev–Trinajstić information content (AvgIpc) is 2.99. The molecule has 0 aromatic carbocycles. The Labute approximate surface area is 110 Å². The second-order valence-corrected chi connectivity index (χ2v) is 5.70. The lowest BCUT2D eigenvalue weighted by atomic mass is 10.1. The van der Waals surface area contributed by atoms with Crippen LogP contribution in [0.3, 0.4) is 0 Å². The van der Waals surface area contributed by atoms with Gasteiger partial charge in [0.25, 0.3) is 0 Å². The topological polar surface area (TPSA) is 45.7 Å². The quantitative estimate of drug-likeness (QED) is 0.747. The van der Waals surface area contributed by atoms with Gasteiger partial charge in [-0.25, -0.2) is 4.98 Å². The molecule has 0 amide bonds. The van der Waals surface area contributed by atoms with Gasteiger partial charge < -0.3 is 9.64 Å². The van der Waals surface area contributed by atoms with Crippen molar-refractivity contribution >= 4 is 22.4 Å². The molecule has 98 valence electrons. The number of thiazole rings is 1. The third-order valence-corrected chi connectivity index (χ3v) is 4.48. The highest BCUT2D eigenvalue weighted by Gasteiger charge is 2.36. The number of cyclic esters (lactones) is 1. The van der Waals surface area contributed by atoms with Crippen LogP contribution >= 0.6 is 11.3 Å². The van der Waals surface area contributed by atoms with Crippen molar-refractivity contribution in [2.45, 2.75) is 25.4 Å². The Kier molecular flexibility index (Phi) is 3.22. The molecule has 0 radical (unpaired) electrons. The fourth-order valence-corrected chi connectivity index (χ4v) is 3.50. The van der Waals surface area contributed by atoms with E-state index in [2.05, 4.69) is 21.7 Å². The van der Waals surface area contributed by atoms with Gasteiger partial charge >= 0.3 is 5.97 Å². The summed E-state index contributed by atoms with van der Waals surface area (Å²) in [5, 5.41) is 3.08. The van der Waals surface area contributed by atoms with E-state index in [9.17, 15) is 4.79 Å².